The third-order valence-corrected chi connectivity index (χ3v) is 3.45. The molecule has 2 N–H and O–H groups in total. The van der Waals surface area contributed by atoms with Crippen LogP contribution in [0.1, 0.15) is 37.5 Å². The van der Waals surface area contributed by atoms with Gasteiger partial charge in [-0.3, -0.25) is 0 Å². The molecule has 0 spiro atoms. The van der Waals surface area contributed by atoms with Crippen molar-refractivity contribution >= 4 is 5.69 Å². The Balaban J connectivity index is 2.47. The van der Waals surface area contributed by atoms with Gasteiger partial charge in [0.1, 0.15) is 11.6 Å². The number of benzene rings is 2. The van der Waals surface area contributed by atoms with Crippen LogP contribution in [0.4, 0.5) is 10.1 Å². The van der Waals surface area contributed by atoms with Gasteiger partial charge in [0.05, 0.1) is 5.69 Å². The Kier molecular flexibility index (Phi) is 3.95. The van der Waals surface area contributed by atoms with E-state index in [0.717, 1.165) is 11.3 Å². The van der Waals surface area contributed by atoms with Crippen LogP contribution in [-0.4, -0.2) is 0 Å². The number of aryl methyl sites for hydroxylation is 2. The number of nitrogens with two attached hydrogens (primary N) is 1. The molecule has 0 aliphatic heterocycles. The average molecular weight is 287 g/mol. The Hall–Kier alpha value is -2.03. The SMILES string of the molecule is Cc1ccc(Oc2cc(C)c(F)cc2N)c(C(C)(C)C)c1. The number of hydrogen-bond acceptors (Lipinski definition) is 2. The molecule has 2 rings (SSSR count). The molecule has 0 heterocycles. The third kappa shape index (κ3) is 3.35. The van der Waals surface area contributed by atoms with Crippen LogP contribution < -0.4 is 10.5 Å². The molecule has 0 unspecified atom stereocenters. The van der Waals surface area contributed by atoms with Crippen LogP contribution in [0.25, 0.3) is 0 Å². The lowest BCUT2D eigenvalue weighted by atomic mass is 9.85. The van der Waals surface area contributed by atoms with E-state index in [1.807, 2.05) is 12.1 Å². The summed E-state index contributed by atoms with van der Waals surface area (Å²) in [5, 5.41) is 0. The van der Waals surface area contributed by atoms with E-state index in [2.05, 4.69) is 33.8 Å². The molecule has 2 aromatic rings. The molecule has 0 saturated heterocycles. The van der Waals surface area contributed by atoms with Gasteiger partial charge >= 0.3 is 0 Å². The molecule has 0 bridgehead atoms. The Labute approximate surface area is 125 Å². The number of halogens is 1. The first-order chi connectivity index (χ1) is 9.68. The molecule has 0 saturated carbocycles. The van der Waals surface area contributed by atoms with Gasteiger partial charge < -0.3 is 10.5 Å². The minimum atomic E-state index is -0.320. The zero-order valence-corrected chi connectivity index (χ0v) is 13.3. The van der Waals surface area contributed by atoms with Gasteiger partial charge in [0, 0.05) is 11.6 Å². The van der Waals surface area contributed by atoms with Crippen molar-refractivity contribution in [1.82, 2.24) is 0 Å². The fourth-order valence-electron chi connectivity index (χ4n) is 2.20. The molecular formula is C18H22FNO. The molecule has 3 heteroatoms. The van der Waals surface area contributed by atoms with Gasteiger partial charge in [-0.2, -0.15) is 0 Å². The summed E-state index contributed by atoms with van der Waals surface area (Å²) in [4.78, 5) is 0. The molecule has 2 aromatic carbocycles. The summed E-state index contributed by atoms with van der Waals surface area (Å²) in [6.07, 6.45) is 0. The lowest BCUT2D eigenvalue weighted by Gasteiger charge is -2.23. The van der Waals surface area contributed by atoms with Crippen molar-refractivity contribution in [3.05, 3.63) is 52.8 Å². The fourth-order valence-corrected chi connectivity index (χ4v) is 2.20. The van der Waals surface area contributed by atoms with E-state index < -0.39 is 0 Å². The molecule has 112 valence electrons. The highest BCUT2D eigenvalue weighted by Gasteiger charge is 2.20. The number of rotatable bonds is 2. The normalized spacial score (nSPS) is 11.5. The summed E-state index contributed by atoms with van der Waals surface area (Å²) in [7, 11) is 0. The van der Waals surface area contributed by atoms with E-state index >= 15 is 0 Å². The maximum absolute atomic E-state index is 13.5. The number of hydrogen-bond donors (Lipinski definition) is 1. The van der Waals surface area contributed by atoms with Gasteiger partial charge in [-0.05, 0) is 37.0 Å². The third-order valence-electron chi connectivity index (χ3n) is 3.45. The van der Waals surface area contributed by atoms with Crippen LogP contribution in [0.2, 0.25) is 0 Å². The van der Waals surface area contributed by atoms with Gasteiger partial charge in [0.25, 0.3) is 0 Å². The van der Waals surface area contributed by atoms with Crippen molar-refractivity contribution in [2.45, 2.75) is 40.0 Å². The Morgan fingerprint density at radius 3 is 2.29 bits per heavy atom. The molecule has 0 radical (unpaired) electrons. The molecule has 0 aliphatic rings. The molecule has 0 fully saturated rings. The van der Waals surface area contributed by atoms with Gasteiger partial charge in [-0.15, -0.1) is 0 Å². The zero-order valence-electron chi connectivity index (χ0n) is 13.3. The predicted octanol–water partition coefficient (Wildman–Crippen LogP) is 5.11. The van der Waals surface area contributed by atoms with Crippen molar-refractivity contribution in [3.63, 3.8) is 0 Å². The van der Waals surface area contributed by atoms with Crippen molar-refractivity contribution < 1.29 is 9.13 Å². The lowest BCUT2D eigenvalue weighted by molar-refractivity contribution is 0.455. The maximum atomic E-state index is 13.5. The van der Waals surface area contributed by atoms with Crippen LogP contribution in [0.5, 0.6) is 11.5 Å². The van der Waals surface area contributed by atoms with E-state index in [4.69, 9.17) is 10.5 Å². The van der Waals surface area contributed by atoms with Gasteiger partial charge in [-0.25, -0.2) is 4.39 Å². The molecular weight excluding hydrogens is 265 g/mol. The largest absolute Gasteiger partial charge is 0.455 e. The topological polar surface area (TPSA) is 35.2 Å². The Morgan fingerprint density at radius 1 is 1.00 bits per heavy atom. The molecule has 0 aliphatic carbocycles. The van der Waals surface area contributed by atoms with Crippen LogP contribution in [0.15, 0.2) is 30.3 Å². The van der Waals surface area contributed by atoms with Crippen molar-refractivity contribution in [2.24, 2.45) is 0 Å². The van der Waals surface area contributed by atoms with Gasteiger partial charge in [0.15, 0.2) is 5.75 Å². The monoisotopic (exact) mass is 287 g/mol. The summed E-state index contributed by atoms with van der Waals surface area (Å²) in [5.74, 6) is 0.925. The molecule has 2 nitrogen and oxygen atoms in total. The second kappa shape index (κ2) is 5.40. The maximum Gasteiger partial charge on any atom is 0.150 e. The Bertz CT molecular complexity index is 672. The summed E-state index contributed by atoms with van der Waals surface area (Å²) in [6, 6.07) is 8.99. The minimum Gasteiger partial charge on any atom is -0.455 e. The predicted molar refractivity (Wildman–Crippen MR) is 85.5 cm³/mol. The quantitative estimate of drug-likeness (QED) is 0.778. The summed E-state index contributed by atoms with van der Waals surface area (Å²) < 4.78 is 19.5. The average Bonchev–Trinajstić information content (AvgIpc) is 2.36. The van der Waals surface area contributed by atoms with E-state index in [1.54, 1.807) is 13.0 Å². The number of ether oxygens (including phenoxy) is 1. The van der Waals surface area contributed by atoms with E-state index in [-0.39, 0.29) is 11.2 Å². The van der Waals surface area contributed by atoms with Crippen molar-refractivity contribution in [3.8, 4) is 11.5 Å². The van der Waals surface area contributed by atoms with Crippen LogP contribution in [0.3, 0.4) is 0 Å². The zero-order chi connectivity index (χ0) is 15.8. The highest BCUT2D eigenvalue weighted by molar-refractivity contribution is 5.57. The first-order valence-corrected chi connectivity index (χ1v) is 7.03. The highest BCUT2D eigenvalue weighted by Crippen LogP contribution is 2.37. The highest BCUT2D eigenvalue weighted by atomic mass is 19.1. The van der Waals surface area contributed by atoms with Gasteiger partial charge in [0.2, 0.25) is 0 Å². The van der Waals surface area contributed by atoms with E-state index in [1.165, 1.54) is 11.6 Å². The lowest BCUT2D eigenvalue weighted by Crippen LogP contribution is -2.13. The Morgan fingerprint density at radius 2 is 1.67 bits per heavy atom. The minimum absolute atomic E-state index is 0.0504. The second-order valence-corrected chi connectivity index (χ2v) is 6.49. The van der Waals surface area contributed by atoms with Crippen LogP contribution in [-0.2, 0) is 5.41 Å². The molecule has 21 heavy (non-hydrogen) atoms. The van der Waals surface area contributed by atoms with Crippen LogP contribution >= 0.6 is 0 Å². The van der Waals surface area contributed by atoms with Crippen molar-refractivity contribution in [1.29, 1.82) is 0 Å². The van der Waals surface area contributed by atoms with E-state index in [9.17, 15) is 4.39 Å². The first-order valence-electron chi connectivity index (χ1n) is 7.03. The van der Waals surface area contributed by atoms with Crippen LogP contribution in [0, 0.1) is 19.7 Å². The van der Waals surface area contributed by atoms with E-state index in [0.29, 0.717) is 17.0 Å². The number of nitrogen functional groups attached to an aromatic ring is 1. The van der Waals surface area contributed by atoms with Gasteiger partial charge in [-0.1, -0.05) is 38.5 Å². The second-order valence-electron chi connectivity index (χ2n) is 6.49. The molecule has 0 atom stereocenters. The summed E-state index contributed by atoms with van der Waals surface area (Å²) >= 11 is 0. The summed E-state index contributed by atoms with van der Waals surface area (Å²) in [6.45, 7) is 10.1. The number of anilines is 1. The molecule has 0 amide bonds. The standard InChI is InChI=1S/C18H22FNO/c1-11-6-7-16(13(8-11)18(3,4)5)21-17-9-12(2)14(19)10-15(17)20/h6-10H,20H2,1-5H3. The van der Waals surface area contributed by atoms with Crippen molar-refractivity contribution in [2.75, 3.05) is 5.73 Å². The first kappa shape index (κ1) is 15.4. The summed E-state index contributed by atoms with van der Waals surface area (Å²) in [5.41, 5.74) is 8.91. The molecule has 0 aromatic heterocycles. The fraction of sp³-hybridized carbons (Fsp3) is 0.333. The smallest absolute Gasteiger partial charge is 0.150 e.